The van der Waals surface area contributed by atoms with Crippen LogP contribution in [-0.4, -0.2) is 13.1 Å². The van der Waals surface area contributed by atoms with Crippen LogP contribution in [0.1, 0.15) is 15.9 Å². The molecule has 0 saturated carbocycles. The highest BCUT2D eigenvalue weighted by Gasteiger charge is 2.05. The first-order chi connectivity index (χ1) is 9.60. The van der Waals surface area contributed by atoms with Crippen molar-refractivity contribution in [2.24, 2.45) is 0 Å². The van der Waals surface area contributed by atoms with Gasteiger partial charge in [0.25, 0.3) is 0 Å². The largest absolute Gasteiger partial charge is 0.465 e. The van der Waals surface area contributed by atoms with Gasteiger partial charge in [-0.25, -0.2) is 13.6 Å². The average Bonchev–Trinajstić information content (AvgIpc) is 2.48. The fourth-order valence-corrected chi connectivity index (χ4v) is 1.70. The predicted octanol–water partition coefficient (Wildman–Crippen LogP) is 3.36. The van der Waals surface area contributed by atoms with Crippen LogP contribution < -0.4 is 5.32 Å². The monoisotopic (exact) mass is 277 g/mol. The maximum atomic E-state index is 13.0. The second-order valence-corrected chi connectivity index (χ2v) is 4.17. The van der Waals surface area contributed by atoms with E-state index in [1.54, 1.807) is 24.3 Å². The summed E-state index contributed by atoms with van der Waals surface area (Å²) in [6, 6.07) is 10.4. The zero-order chi connectivity index (χ0) is 14.5. The van der Waals surface area contributed by atoms with Gasteiger partial charge in [-0.3, -0.25) is 0 Å². The summed E-state index contributed by atoms with van der Waals surface area (Å²) >= 11 is 0. The van der Waals surface area contributed by atoms with Gasteiger partial charge in [-0.2, -0.15) is 0 Å². The Hall–Kier alpha value is -2.43. The third-order valence-electron chi connectivity index (χ3n) is 2.79. The quantitative estimate of drug-likeness (QED) is 0.871. The first-order valence-electron chi connectivity index (χ1n) is 5.96. The van der Waals surface area contributed by atoms with E-state index in [1.165, 1.54) is 13.2 Å². The smallest absolute Gasteiger partial charge is 0.337 e. The van der Waals surface area contributed by atoms with Crippen molar-refractivity contribution in [3.05, 3.63) is 65.2 Å². The van der Waals surface area contributed by atoms with Crippen LogP contribution in [0.25, 0.3) is 0 Å². The van der Waals surface area contributed by atoms with E-state index < -0.39 is 17.6 Å². The SMILES string of the molecule is COC(=O)c1ccc(NCc2ccc(F)c(F)c2)cc1. The zero-order valence-corrected chi connectivity index (χ0v) is 10.8. The molecule has 0 radical (unpaired) electrons. The summed E-state index contributed by atoms with van der Waals surface area (Å²) in [7, 11) is 1.32. The molecule has 5 heteroatoms. The Bertz CT molecular complexity index is 612. The molecule has 2 aromatic carbocycles. The van der Waals surface area contributed by atoms with E-state index in [9.17, 15) is 13.6 Å². The summed E-state index contributed by atoms with van der Waals surface area (Å²) < 4.78 is 30.4. The second-order valence-electron chi connectivity index (χ2n) is 4.17. The lowest BCUT2D eigenvalue weighted by atomic mass is 10.2. The molecule has 0 aromatic heterocycles. The van der Waals surface area contributed by atoms with Gasteiger partial charge in [0.15, 0.2) is 11.6 Å². The average molecular weight is 277 g/mol. The molecule has 0 unspecified atom stereocenters. The molecule has 0 aliphatic carbocycles. The number of halogens is 2. The van der Waals surface area contributed by atoms with Gasteiger partial charge in [-0.15, -0.1) is 0 Å². The van der Waals surface area contributed by atoms with Crippen molar-refractivity contribution in [2.75, 3.05) is 12.4 Å². The summed E-state index contributed by atoms with van der Waals surface area (Å²) in [5.74, 6) is -2.14. The second kappa shape index (κ2) is 6.14. The van der Waals surface area contributed by atoms with Crippen LogP contribution in [0.5, 0.6) is 0 Å². The van der Waals surface area contributed by atoms with Crippen molar-refractivity contribution >= 4 is 11.7 Å². The van der Waals surface area contributed by atoms with Gasteiger partial charge >= 0.3 is 5.97 Å². The Balaban J connectivity index is 2.00. The maximum Gasteiger partial charge on any atom is 0.337 e. The highest BCUT2D eigenvalue weighted by atomic mass is 19.2. The first kappa shape index (κ1) is 14.0. The third-order valence-corrected chi connectivity index (χ3v) is 2.79. The minimum atomic E-state index is -0.870. The molecule has 1 N–H and O–H groups in total. The van der Waals surface area contributed by atoms with E-state index in [2.05, 4.69) is 10.1 Å². The predicted molar refractivity (Wildman–Crippen MR) is 71.5 cm³/mol. The molecule has 0 spiro atoms. The number of esters is 1. The maximum absolute atomic E-state index is 13.0. The summed E-state index contributed by atoms with van der Waals surface area (Å²) in [6.45, 7) is 0.356. The molecule has 0 amide bonds. The van der Waals surface area contributed by atoms with Gasteiger partial charge in [0.1, 0.15) is 0 Å². The number of carbonyl (C=O) groups is 1. The number of nitrogens with one attached hydrogen (secondary N) is 1. The van der Waals surface area contributed by atoms with Gasteiger partial charge in [-0.05, 0) is 42.0 Å². The van der Waals surface area contributed by atoms with E-state index >= 15 is 0 Å². The fourth-order valence-electron chi connectivity index (χ4n) is 1.70. The molecule has 2 aromatic rings. The van der Waals surface area contributed by atoms with Crippen LogP contribution in [0.15, 0.2) is 42.5 Å². The molecule has 3 nitrogen and oxygen atoms in total. The molecular formula is C15H13F2NO2. The van der Waals surface area contributed by atoms with Crippen LogP contribution in [0.4, 0.5) is 14.5 Å². The van der Waals surface area contributed by atoms with Gasteiger partial charge in [-0.1, -0.05) is 6.07 Å². The van der Waals surface area contributed by atoms with Crippen molar-refractivity contribution in [1.29, 1.82) is 0 Å². The highest BCUT2D eigenvalue weighted by molar-refractivity contribution is 5.89. The Labute approximate surface area is 115 Å². The standard InChI is InChI=1S/C15H13F2NO2/c1-20-15(19)11-3-5-12(6-4-11)18-9-10-2-7-13(16)14(17)8-10/h2-8,18H,9H2,1H3. The molecule has 0 heterocycles. The molecule has 0 bridgehead atoms. The number of ether oxygens (including phenoxy) is 1. The van der Waals surface area contributed by atoms with E-state index in [-0.39, 0.29) is 0 Å². The Morgan fingerprint density at radius 3 is 2.40 bits per heavy atom. The topological polar surface area (TPSA) is 38.3 Å². The normalized spacial score (nSPS) is 10.2. The van der Waals surface area contributed by atoms with Crippen molar-refractivity contribution in [2.45, 2.75) is 6.54 Å². The van der Waals surface area contributed by atoms with Crippen molar-refractivity contribution in [3.8, 4) is 0 Å². The molecule has 20 heavy (non-hydrogen) atoms. The van der Waals surface area contributed by atoms with E-state index in [4.69, 9.17) is 0 Å². The molecule has 0 aliphatic rings. The third kappa shape index (κ3) is 3.32. The highest BCUT2D eigenvalue weighted by Crippen LogP contribution is 2.13. The van der Waals surface area contributed by atoms with E-state index in [1.807, 2.05) is 0 Å². The van der Waals surface area contributed by atoms with Crippen molar-refractivity contribution in [1.82, 2.24) is 0 Å². The van der Waals surface area contributed by atoms with Crippen LogP contribution in [0, 0.1) is 11.6 Å². The van der Waals surface area contributed by atoms with E-state index in [0.717, 1.165) is 17.8 Å². The zero-order valence-electron chi connectivity index (χ0n) is 10.8. The number of rotatable bonds is 4. The van der Waals surface area contributed by atoms with Crippen molar-refractivity contribution < 1.29 is 18.3 Å². The lowest BCUT2D eigenvalue weighted by molar-refractivity contribution is 0.0601. The van der Waals surface area contributed by atoms with Gasteiger partial charge in [0.05, 0.1) is 12.7 Å². The Morgan fingerprint density at radius 1 is 1.10 bits per heavy atom. The lowest BCUT2D eigenvalue weighted by Crippen LogP contribution is -2.03. The first-order valence-corrected chi connectivity index (χ1v) is 5.96. The molecule has 0 fully saturated rings. The van der Waals surface area contributed by atoms with Crippen LogP contribution in [0.3, 0.4) is 0 Å². The molecular weight excluding hydrogens is 264 g/mol. The Morgan fingerprint density at radius 2 is 1.80 bits per heavy atom. The molecule has 104 valence electrons. The fraction of sp³-hybridized carbons (Fsp3) is 0.133. The van der Waals surface area contributed by atoms with Gasteiger partial charge in [0.2, 0.25) is 0 Å². The van der Waals surface area contributed by atoms with Crippen LogP contribution in [-0.2, 0) is 11.3 Å². The Kier molecular flexibility index (Phi) is 4.30. The summed E-state index contributed by atoms with van der Waals surface area (Å²) in [4.78, 5) is 11.3. The van der Waals surface area contributed by atoms with Gasteiger partial charge < -0.3 is 10.1 Å². The molecule has 0 saturated heterocycles. The number of anilines is 1. The molecule has 0 aliphatic heterocycles. The lowest BCUT2D eigenvalue weighted by Gasteiger charge is -2.07. The minimum Gasteiger partial charge on any atom is -0.465 e. The molecule has 2 rings (SSSR count). The summed E-state index contributed by atoms with van der Waals surface area (Å²) in [5.41, 5.74) is 1.84. The minimum absolute atomic E-state index is 0.356. The van der Waals surface area contributed by atoms with Crippen LogP contribution in [0.2, 0.25) is 0 Å². The van der Waals surface area contributed by atoms with E-state index in [0.29, 0.717) is 17.7 Å². The molecule has 0 atom stereocenters. The van der Waals surface area contributed by atoms with Gasteiger partial charge in [0, 0.05) is 12.2 Å². The number of benzene rings is 2. The number of hydrogen-bond donors (Lipinski definition) is 1. The van der Waals surface area contributed by atoms with Crippen molar-refractivity contribution in [3.63, 3.8) is 0 Å². The number of methoxy groups -OCH3 is 1. The number of carbonyl (C=O) groups excluding carboxylic acids is 1. The number of hydrogen-bond acceptors (Lipinski definition) is 3. The summed E-state index contributed by atoms with van der Waals surface area (Å²) in [6.07, 6.45) is 0. The van der Waals surface area contributed by atoms with Crippen LogP contribution >= 0.6 is 0 Å². The summed E-state index contributed by atoms with van der Waals surface area (Å²) in [5, 5.41) is 3.05.